The highest BCUT2D eigenvalue weighted by atomic mass is 35.5. The second-order valence-corrected chi connectivity index (χ2v) is 4.85. The molecule has 0 radical (unpaired) electrons. The standard InChI is InChI=1S/C12H12ClN7/c13-10-16-11(19-7-5-15-8-19)18-12(17-10)20(6-1-4-14)9-2-3-9/h5,7-9H,1-3,6H2. The molecule has 3 rings (SSSR count). The van der Waals surface area contributed by atoms with Gasteiger partial charge in [-0.25, -0.2) is 4.98 Å². The molecule has 8 heteroatoms. The number of hydrogen-bond acceptors (Lipinski definition) is 6. The van der Waals surface area contributed by atoms with Gasteiger partial charge in [-0.15, -0.1) is 0 Å². The van der Waals surface area contributed by atoms with Gasteiger partial charge in [0.2, 0.25) is 17.2 Å². The van der Waals surface area contributed by atoms with Crippen LogP contribution in [0.3, 0.4) is 0 Å². The van der Waals surface area contributed by atoms with Crippen molar-refractivity contribution in [3.8, 4) is 12.0 Å². The second-order valence-electron chi connectivity index (χ2n) is 4.51. The molecule has 0 bridgehead atoms. The SMILES string of the molecule is N#CCCN(c1nc(Cl)nc(-n2ccnc2)n1)C1CC1. The minimum Gasteiger partial charge on any atom is -0.337 e. The molecule has 0 N–H and O–H groups in total. The van der Waals surface area contributed by atoms with Crippen LogP contribution < -0.4 is 4.90 Å². The van der Waals surface area contributed by atoms with E-state index in [1.54, 1.807) is 23.3 Å². The molecule has 2 heterocycles. The van der Waals surface area contributed by atoms with E-state index >= 15 is 0 Å². The number of nitrogens with zero attached hydrogens (tertiary/aromatic N) is 7. The molecule has 0 aromatic carbocycles. The molecule has 0 aliphatic heterocycles. The molecule has 0 spiro atoms. The average molecular weight is 290 g/mol. The molecule has 2 aromatic rings. The normalized spacial score (nSPS) is 14.0. The van der Waals surface area contributed by atoms with E-state index in [-0.39, 0.29) is 5.28 Å². The van der Waals surface area contributed by atoms with E-state index in [0.717, 1.165) is 12.8 Å². The minimum atomic E-state index is 0.140. The average Bonchev–Trinajstić information content (AvgIpc) is 3.12. The van der Waals surface area contributed by atoms with Gasteiger partial charge in [-0.1, -0.05) is 0 Å². The van der Waals surface area contributed by atoms with E-state index < -0.39 is 0 Å². The maximum atomic E-state index is 8.76. The monoisotopic (exact) mass is 289 g/mol. The molecule has 1 fully saturated rings. The van der Waals surface area contributed by atoms with Crippen LogP contribution in [0.4, 0.5) is 5.95 Å². The van der Waals surface area contributed by atoms with Crippen molar-refractivity contribution >= 4 is 17.5 Å². The van der Waals surface area contributed by atoms with E-state index in [1.165, 1.54) is 0 Å². The molecule has 1 aliphatic carbocycles. The maximum absolute atomic E-state index is 8.76. The van der Waals surface area contributed by atoms with Gasteiger partial charge in [0, 0.05) is 25.0 Å². The lowest BCUT2D eigenvalue weighted by Gasteiger charge is -2.21. The number of hydrogen-bond donors (Lipinski definition) is 0. The fraction of sp³-hybridized carbons (Fsp3) is 0.417. The molecular weight excluding hydrogens is 278 g/mol. The van der Waals surface area contributed by atoms with Crippen LogP contribution in [0.1, 0.15) is 19.3 Å². The Hall–Kier alpha value is -2.20. The van der Waals surface area contributed by atoms with Gasteiger partial charge in [-0.2, -0.15) is 20.2 Å². The summed E-state index contributed by atoms with van der Waals surface area (Å²) in [6.45, 7) is 0.602. The van der Waals surface area contributed by atoms with E-state index in [4.69, 9.17) is 16.9 Å². The minimum absolute atomic E-state index is 0.140. The van der Waals surface area contributed by atoms with E-state index in [0.29, 0.717) is 30.9 Å². The van der Waals surface area contributed by atoms with Crippen molar-refractivity contribution in [2.45, 2.75) is 25.3 Å². The molecular formula is C12H12ClN7. The third-order valence-corrected chi connectivity index (χ3v) is 3.20. The van der Waals surface area contributed by atoms with Gasteiger partial charge in [-0.3, -0.25) is 4.57 Å². The topological polar surface area (TPSA) is 83.5 Å². The molecule has 20 heavy (non-hydrogen) atoms. The Balaban J connectivity index is 1.93. The lowest BCUT2D eigenvalue weighted by molar-refractivity contribution is 0.745. The molecule has 1 aliphatic rings. The van der Waals surface area contributed by atoms with E-state index in [1.807, 2.05) is 4.90 Å². The summed E-state index contributed by atoms with van der Waals surface area (Å²) in [5, 5.41) is 8.90. The Morgan fingerprint density at radius 2 is 2.25 bits per heavy atom. The van der Waals surface area contributed by atoms with Crippen LogP contribution in [0.25, 0.3) is 5.95 Å². The number of halogens is 1. The van der Waals surface area contributed by atoms with Gasteiger partial charge in [0.1, 0.15) is 6.33 Å². The Morgan fingerprint density at radius 3 is 2.90 bits per heavy atom. The van der Waals surface area contributed by atoms with E-state index in [2.05, 4.69) is 26.0 Å². The largest absolute Gasteiger partial charge is 0.337 e. The predicted molar refractivity (Wildman–Crippen MR) is 72.6 cm³/mol. The number of imidazole rings is 1. The lowest BCUT2D eigenvalue weighted by atomic mass is 10.4. The summed E-state index contributed by atoms with van der Waals surface area (Å²) >= 11 is 5.98. The number of nitriles is 1. The highest BCUT2D eigenvalue weighted by Crippen LogP contribution is 2.30. The Morgan fingerprint density at radius 1 is 1.40 bits per heavy atom. The van der Waals surface area contributed by atoms with Crippen molar-refractivity contribution in [2.75, 3.05) is 11.4 Å². The molecule has 0 amide bonds. The maximum Gasteiger partial charge on any atom is 0.241 e. The lowest BCUT2D eigenvalue weighted by Crippen LogP contribution is -2.29. The zero-order valence-corrected chi connectivity index (χ0v) is 11.4. The highest BCUT2D eigenvalue weighted by molar-refractivity contribution is 6.28. The fourth-order valence-electron chi connectivity index (χ4n) is 1.95. The van der Waals surface area contributed by atoms with Crippen LogP contribution in [0, 0.1) is 11.3 Å². The molecule has 0 saturated heterocycles. The first kappa shape index (κ1) is 12.8. The first-order valence-corrected chi connectivity index (χ1v) is 6.69. The van der Waals surface area contributed by atoms with Crippen molar-refractivity contribution in [3.63, 3.8) is 0 Å². The summed E-state index contributed by atoms with van der Waals surface area (Å²) in [5.74, 6) is 0.951. The van der Waals surface area contributed by atoms with Crippen LogP contribution in [-0.4, -0.2) is 37.1 Å². The first-order valence-electron chi connectivity index (χ1n) is 6.31. The molecule has 2 aromatic heterocycles. The van der Waals surface area contributed by atoms with E-state index in [9.17, 15) is 0 Å². The predicted octanol–water partition coefficient (Wildman–Crippen LogP) is 1.59. The van der Waals surface area contributed by atoms with Gasteiger partial charge in [0.05, 0.1) is 12.5 Å². The summed E-state index contributed by atoms with van der Waals surface area (Å²) in [5.41, 5.74) is 0. The summed E-state index contributed by atoms with van der Waals surface area (Å²) in [4.78, 5) is 18.7. The van der Waals surface area contributed by atoms with Gasteiger partial charge in [0.25, 0.3) is 0 Å². The smallest absolute Gasteiger partial charge is 0.241 e. The Kier molecular flexibility index (Phi) is 3.48. The van der Waals surface area contributed by atoms with Crippen LogP contribution in [-0.2, 0) is 0 Å². The van der Waals surface area contributed by atoms with Crippen LogP contribution in [0.15, 0.2) is 18.7 Å². The summed E-state index contributed by atoms with van der Waals surface area (Å²) < 4.78 is 1.67. The summed E-state index contributed by atoms with van der Waals surface area (Å²) in [7, 11) is 0. The number of rotatable bonds is 5. The zero-order chi connectivity index (χ0) is 13.9. The molecule has 0 atom stereocenters. The summed E-state index contributed by atoms with van der Waals surface area (Å²) in [6.07, 6.45) is 7.61. The second kappa shape index (κ2) is 5.43. The quantitative estimate of drug-likeness (QED) is 0.831. The molecule has 1 saturated carbocycles. The Labute approximate surface area is 120 Å². The molecule has 102 valence electrons. The zero-order valence-electron chi connectivity index (χ0n) is 10.6. The van der Waals surface area contributed by atoms with Gasteiger partial charge < -0.3 is 4.90 Å². The molecule has 0 unspecified atom stereocenters. The van der Waals surface area contributed by atoms with Crippen molar-refractivity contribution in [1.82, 2.24) is 24.5 Å². The third kappa shape index (κ3) is 2.70. The Bertz CT molecular complexity index is 630. The summed E-state index contributed by atoms with van der Waals surface area (Å²) in [6, 6.07) is 2.55. The third-order valence-electron chi connectivity index (χ3n) is 3.03. The van der Waals surface area contributed by atoms with Crippen LogP contribution in [0.2, 0.25) is 5.28 Å². The van der Waals surface area contributed by atoms with Gasteiger partial charge in [-0.05, 0) is 24.4 Å². The van der Waals surface area contributed by atoms with Crippen molar-refractivity contribution in [1.29, 1.82) is 5.26 Å². The first-order chi connectivity index (χ1) is 9.78. The number of aromatic nitrogens is 5. The van der Waals surface area contributed by atoms with Crippen LogP contribution >= 0.6 is 11.6 Å². The molecule has 7 nitrogen and oxygen atoms in total. The van der Waals surface area contributed by atoms with Crippen LogP contribution in [0.5, 0.6) is 0 Å². The van der Waals surface area contributed by atoms with Crippen molar-refractivity contribution in [3.05, 3.63) is 24.0 Å². The van der Waals surface area contributed by atoms with Gasteiger partial charge in [0.15, 0.2) is 0 Å². The van der Waals surface area contributed by atoms with Crippen molar-refractivity contribution in [2.24, 2.45) is 0 Å². The van der Waals surface area contributed by atoms with Crippen molar-refractivity contribution < 1.29 is 0 Å². The van der Waals surface area contributed by atoms with Gasteiger partial charge >= 0.3 is 0 Å². The number of anilines is 1. The highest BCUT2D eigenvalue weighted by Gasteiger charge is 2.31. The fourth-order valence-corrected chi connectivity index (χ4v) is 2.10.